The molecule has 2 heteroatoms. The third-order valence-electron chi connectivity index (χ3n) is 3.95. The lowest BCUT2D eigenvalue weighted by Crippen LogP contribution is -2.56. The second-order valence-electron chi connectivity index (χ2n) is 5.53. The van der Waals surface area contributed by atoms with E-state index < -0.39 is 0 Å². The van der Waals surface area contributed by atoms with Crippen LogP contribution in [-0.2, 0) is 12.8 Å². The number of halogens is 1. The molecule has 0 atom stereocenters. The summed E-state index contributed by atoms with van der Waals surface area (Å²) in [7, 11) is 0. The first-order valence-electron chi connectivity index (χ1n) is 6.76. The van der Waals surface area contributed by atoms with Gasteiger partial charge in [0.1, 0.15) is 0 Å². The van der Waals surface area contributed by atoms with E-state index in [1.165, 1.54) is 11.1 Å². The number of benzene rings is 2. The Kier molecular flexibility index (Phi) is 3.58. The predicted molar refractivity (Wildman–Crippen MR) is 80.6 cm³/mol. The van der Waals surface area contributed by atoms with Gasteiger partial charge in [0.05, 0.1) is 0 Å². The molecule has 0 amide bonds. The number of rotatable bonds is 4. The Hall–Kier alpha value is -1.31. The molecule has 0 spiro atoms. The molecule has 0 radical (unpaired) electrons. The molecule has 2 aromatic carbocycles. The van der Waals surface area contributed by atoms with Crippen LogP contribution in [0.15, 0.2) is 54.6 Å². The molecule has 1 N–H and O–H groups in total. The van der Waals surface area contributed by atoms with Crippen LogP contribution in [0.2, 0.25) is 5.02 Å². The van der Waals surface area contributed by atoms with E-state index in [2.05, 4.69) is 47.8 Å². The van der Waals surface area contributed by atoms with Crippen LogP contribution in [0.3, 0.4) is 0 Å². The Morgan fingerprint density at radius 3 is 2.21 bits per heavy atom. The molecular formula is C17H18ClN. The minimum absolute atomic E-state index is 0.326. The van der Waals surface area contributed by atoms with Gasteiger partial charge in [0, 0.05) is 23.5 Å². The van der Waals surface area contributed by atoms with Gasteiger partial charge < -0.3 is 5.32 Å². The zero-order valence-electron chi connectivity index (χ0n) is 10.9. The first-order chi connectivity index (χ1) is 9.27. The Labute approximate surface area is 119 Å². The van der Waals surface area contributed by atoms with Gasteiger partial charge in [0.25, 0.3) is 0 Å². The zero-order valence-corrected chi connectivity index (χ0v) is 11.7. The van der Waals surface area contributed by atoms with E-state index in [-0.39, 0.29) is 0 Å². The van der Waals surface area contributed by atoms with Crippen molar-refractivity contribution in [2.75, 3.05) is 13.1 Å². The SMILES string of the molecule is Clc1ccccc1CC1(Cc2ccccc2)CNC1. The third kappa shape index (κ3) is 2.83. The third-order valence-corrected chi connectivity index (χ3v) is 4.31. The van der Waals surface area contributed by atoms with Crippen LogP contribution in [-0.4, -0.2) is 13.1 Å². The summed E-state index contributed by atoms with van der Waals surface area (Å²) >= 11 is 6.29. The quantitative estimate of drug-likeness (QED) is 0.894. The van der Waals surface area contributed by atoms with E-state index in [1.54, 1.807) is 0 Å². The molecule has 1 saturated heterocycles. The van der Waals surface area contributed by atoms with Gasteiger partial charge in [0.2, 0.25) is 0 Å². The van der Waals surface area contributed by atoms with E-state index in [4.69, 9.17) is 11.6 Å². The lowest BCUT2D eigenvalue weighted by molar-refractivity contribution is 0.167. The van der Waals surface area contributed by atoms with Crippen LogP contribution < -0.4 is 5.32 Å². The first-order valence-corrected chi connectivity index (χ1v) is 7.13. The molecule has 1 aliphatic rings. The lowest BCUT2D eigenvalue weighted by atomic mass is 9.72. The lowest BCUT2D eigenvalue weighted by Gasteiger charge is -2.43. The molecule has 1 fully saturated rings. The van der Waals surface area contributed by atoms with Gasteiger partial charge in [-0.1, -0.05) is 60.1 Å². The molecule has 2 aromatic rings. The maximum Gasteiger partial charge on any atom is 0.0438 e. The average molecular weight is 272 g/mol. The fourth-order valence-electron chi connectivity index (χ4n) is 2.87. The topological polar surface area (TPSA) is 12.0 Å². The second-order valence-corrected chi connectivity index (χ2v) is 5.94. The summed E-state index contributed by atoms with van der Waals surface area (Å²) in [6.07, 6.45) is 2.17. The smallest absolute Gasteiger partial charge is 0.0438 e. The van der Waals surface area contributed by atoms with Crippen molar-refractivity contribution in [3.8, 4) is 0 Å². The zero-order chi connectivity index (χ0) is 13.1. The predicted octanol–water partition coefficient (Wildman–Crippen LogP) is 3.71. The van der Waals surface area contributed by atoms with Gasteiger partial charge in [-0.2, -0.15) is 0 Å². The molecule has 0 aromatic heterocycles. The maximum absolute atomic E-state index is 6.29. The van der Waals surface area contributed by atoms with Gasteiger partial charge >= 0.3 is 0 Å². The maximum atomic E-state index is 6.29. The van der Waals surface area contributed by atoms with E-state index in [9.17, 15) is 0 Å². The van der Waals surface area contributed by atoms with E-state index in [1.807, 2.05) is 12.1 Å². The van der Waals surface area contributed by atoms with Gasteiger partial charge in [-0.05, 0) is 30.0 Å². The van der Waals surface area contributed by atoms with Crippen molar-refractivity contribution in [1.29, 1.82) is 0 Å². The molecular weight excluding hydrogens is 254 g/mol. The van der Waals surface area contributed by atoms with Gasteiger partial charge in [0.15, 0.2) is 0 Å². The molecule has 1 aliphatic heterocycles. The summed E-state index contributed by atoms with van der Waals surface area (Å²) in [6, 6.07) is 18.9. The van der Waals surface area contributed by atoms with Gasteiger partial charge in [-0.25, -0.2) is 0 Å². The highest BCUT2D eigenvalue weighted by Gasteiger charge is 2.37. The van der Waals surface area contributed by atoms with Crippen molar-refractivity contribution < 1.29 is 0 Å². The van der Waals surface area contributed by atoms with E-state index in [0.717, 1.165) is 31.0 Å². The largest absolute Gasteiger partial charge is 0.315 e. The highest BCUT2D eigenvalue weighted by Crippen LogP contribution is 2.33. The molecule has 1 heterocycles. The van der Waals surface area contributed by atoms with Crippen LogP contribution >= 0.6 is 11.6 Å². The standard InChI is InChI=1S/C17H18ClN/c18-16-9-5-4-8-15(16)11-17(12-19-13-17)10-14-6-2-1-3-7-14/h1-9,19H,10-13H2. The van der Waals surface area contributed by atoms with Crippen LogP contribution in [0.4, 0.5) is 0 Å². The fraction of sp³-hybridized carbons (Fsp3) is 0.294. The highest BCUT2D eigenvalue weighted by molar-refractivity contribution is 6.31. The number of hydrogen-bond acceptors (Lipinski definition) is 1. The summed E-state index contributed by atoms with van der Waals surface area (Å²) in [5, 5.41) is 4.31. The number of nitrogens with one attached hydrogen (secondary N) is 1. The highest BCUT2D eigenvalue weighted by atomic mass is 35.5. The summed E-state index contributed by atoms with van der Waals surface area (Å²) in [5.41, 5.74) is 3.00. The minimum Gasteiger partial charge on any atom is -0.315 e. The second kappa shape index (κ2) is 5.36. The Bertz CT molecular complexity index is 546. The molecule has 0 saturated carbocycles. The Morgan fingerprint density at radius 2 is 1.58 bits per heavy atom. The molecule has 0 bridgehead atoms. The summed E-state index contributed by atoms with van der Waals surface area (Å²) < 4.78 is 0. The monoisotopic (exact) mass is 271 g/mol. The van der Waals surface area contributed by atoms with E-state index in [0.29, 0.717) is 5.41 Å². The van der Waals surface area contributed by atoms with Crippen molar-refractivity contribution in [2.45, 2.75) is 12.8 Å². The van der Waals surface area contributed by atoms with Gasteiger partial charge in [-0.15, -0.1) is 0 Å². The van der Waals surface area contributed by atoms with Crippen LogP contribution in [0, 0.1) is 5.41 Å². The molecule has 0 unspecified atom stereocenters. The molecule has 3 rings (SSSR count). The summed E-state index contributed by atoms with van der Waals surface area (Å²) in [5.74, 6) is 0. The Balaban J connectivity index is 1.79. The van der Waals surface area contributed by atoms with Crippen LogP contribution in [0.25, 0.3) is 0 Å². The minimum atomic E-state index is 0.326. The summed E-state index contributed by atoms with van der Waals surface area (Å²) in [6.45, 7) is 2.15. The van der Waals surface area contributed by atoms with Crippen molar-refractivity contribution in [3.05, 3.63) is 70.7 Å². The van der Waals surface area contributed by atoms with E-state index >= 15 is 0 Å². The van der Waals surface area contributed by atoms with Gasteiger partial charge in [-0.3, -0.25) is 0 Å². The molecule has 19 heavy (non-hydrogen) atoms. The van der Waals surface area contributed by atoms with Crippen molar-refractivity contribution in [2.24, 2.45) is 5.41 Å². The molecule has 0 aliphatic carbocycles. The first kappa shape index (κ1) is 12.7. The normalized spacial score (nSPS) is 16.9. The fourth-order valence-corrected chi connectivity index (χ4v) is 3.07. The van der Waals surface area contributed by atoms with Crippen LogP contribution in [0.1, 0.15) is 11.1 Å². The average Bonchev–Trinajstić information content (AvgIpc) is 2.40. The summed E-state index contributed by atoms with van der Waals surface area (Å²) in [4.78, 5) is 0. The van der Waals surface area contributed by atoms with Crippen molar-refractivity contribution in [1.82, 2.24) is 5.32 Å². The molecule has 98 valence electrons. The van der Waals surface area contributed by atoms with Crippen molar-refractivity contribution >= 4 is 11.6 Å². The van der Waals surface area contributed by atoms with Crippen molar-refractivity contribution in [3.63, 3.8) is 0 Å². The number of hydrogen-bond donors (Lipinski definition) is 1. The molecule has 1 nitrogen and oxygen atoms in total. The Morgan fingerprint density at radius 1 is 0.895 bits per heavy atom. The van der Waals surface area contributed by atoms with Crippen LogP contribution in [0.5, 0.6) is 0 Å².